The lowest BCUT2D eigenvalue weighted by atomic mass is 10.0. The molecule has 0 bridgehead atoms. The van der Waals surface area contributed by atoms with Crippen molar-refractivity contribution in [2.45, 2.75) is 37.0 Å². The third kappa shape index (κ3) is 6.49. The summed E-state index contributed by atoms with van der Waals surface area (Å²) in [5.41, 5.74) is 7.35. The number of likely N-dealkylation sites (tertiary alicyclic amines) is 1. The van der Waals surface area contributed by atoms with Gasteiger partial charge >= 0.3 is 0 Å². The third-order valence-electron chi connectivity index (χ3n) is 7.59. The Morgan fingerprint density at radius 3 is 2.66 bits per heavy atom. The number of nitrogens with one attached hydrogen (secondary N) is 1. The number of Topliss-reactive ketones (excluding diaryl/α,β-unsaturated/α-hetero) is 1. The van der Waals surface area contributed by atoms with Crippen LogP contribution in [0.5, 0.6) is 5.75 Å². The van der Waals surface area contributed by atoms with Crippen molar-refractivity contribution in [3.63, 3.8) is 0 Å². The number of ketones is 1. The molecule has 1 aromatic heterocycles. The summed E-state index contributed by atoms with van der Waals surface area (Å²) in [5, 5.41) is 3.65. The summed E-state index contributed by atoms with van der Waals surface area (Å²) in [6.45, 7) is 2.90. The molecule has 41 heavy (non-hydrogen) atoms. The highest BCUT2D eigenvalue weighted by atomic mass is 35.5. The molecule has 3 aliphatic rings. The van der Waals surface area contributed by atoms with E-state index in [1.54, 1.807) is 12.1 Å². The van der Waals surface area contributed by atoms with Gasteiger partial charge in [0, 0.05) is 48.8 Å². The summed E-state index contributed by atoms with van der Waals surface area (Å²) in [7, 11) is 0. The van der Waals surface area contributed by atoms with Crippen molar-refractivity contribution in [3.8, 4) is 5.75 Å². The van der Waals surface area contributed by atoms with Crippen molar-refractivity contribution in [2.75, 3.05) is 44.8 Å². The molecule has 0 spiro atoms. The van der Waals surface area contributed by atoms with Gasteiger partial charge in [0.15, 0.2) is 11.6 Å². The quantitative estimate of drug-likeness (QED) is 0.340. The molecule has 216 valence electrons. The molecule has 9 nitrogen and oxygen atoms in total. The van der Waals surface area contributed by atoms with Crippen molar-refractivity contribution in [1.82, 2.24) is 14.9 Å². The summed E-state index contributed by atoms with van der Waals surface area (Å²) in [5.74, 6) is -1.23. The van der Waals surface area contributed by atoms with Crippen molar-refractivity contribution in [3.05, 3.63) is 65.0 Å². The van der Waals surface area contributed by atoms with E-state index >= 15 is 4.39 Å². The Kier molecular flexibility index (Phi) is 7.88. The van der Waals surface area contributed by atoms with E-state index in [2.05, 4.69) is 15.3 Å². The number of benzene rings is 2. The van der Waals surface area contributed by atoms with E-state index in [1.807, 2.05) is 4.90 Å². The second-order valence-corrected chi connectivity index (χ2v) is 11.2. The van der Waals surface area contributed by atoms with E-state index in [1.165, 1.54) is 30.6 Å². The van der Waals surface area contributed by atoms with Gasteiger partial charge in [0.2, 0.25) is 0 Å². The van der Waals surface area contributed by atoms with Gasteiger partial charge in [0.1, 0.15) is 30.3 Å². The van der Waals surface area contributed by atoms with Crippen LogP contribution in [0, 0.1) is 5.82 Å². The van der Waals surface area contributed by atoms with Gasteiger partial charge in [-0.2, -0.15) is 0 Å². The van der Waals surface area contributed by atoms with E-state index < -0.39 is 23.0 Å². The molecular weight excluding hydrogens is 556 g/mol. The highest BCUT2D eigenvalue weighted by molar-refractivity contribution is 6.31. The first-order chi connectivity index (χ1) is 19.8. The molecule has 3 fully saturated rings. The van der Waals surface area contributed by atoms with Crippen LogP contribution in [0.4, 0.5) is 20.3 Å². The highest BCUT2D eigenvalue weighted by Gasteiger charge is 2.39. The van der Waals surface area contributed by atoms with Crippen LogP contribution in [0.25, 0.3) is 10.9 Å². The number of halogens is 3. The minimum Gasteiger partial charge on any atom is -0.491 e. The van der Waals surface area contributed by atoms with Crippen LogP contribution in [0.3, 0.4) is 0 Å². The van der Waals surface area contributed by atoms with Gasteiger partial charge in [-0.05, 0) is 43.2 Å². The van der Waals surface area contributed by atoms with Crippen molar-refractivity contribution >= 4 is 39.8 Å². The molecule has 12 heteroatoms. The van der Waals surface area contributed by atoms with Crippen LogP contribution in [-0.2, 0) is 20.7 Å². The number of fused-ring (bicyclic) bond motifs is 2. The van der Waals surface area contributed by atoms with E-state index in [9.17, 15) is 9.18 Å². The summed E-state index contributed by atoms with van der Waals surface area (Å²) in [6.07, 6.45) is 4.08. The zero-order valence-electron chi connectivity index (χ0n) is 22.2. The smallest absolute Gasteiger partial charge is 0.195 e. The summed E-state index contributed by atoms with van der Waals surface area (Å²) >= 11 is 5.94. The van der Waals surface area contributed by atoms with E-state index in [-0.39, 0.29) is 36.8 Å². The largest absolute Gasteiger partial charge is 0.491 e. The number of hydrogen-bond donors (Lipinski definition) is 2. The average Bonchev–Trinajstić information content (AvgIpc) is 3.55. The van der Waals surface area contributed by atoms with Gasteiger partial charge < -0.3 is 25.3 Å². The second-order valence-electron chi connectivity index (χ2n) is 10.8. The second kappa shape index (κ2) is 11.6. The van der Waals surface area contributed by atoms with Crippen molar-refractivity contribution in [2.24, 2.45) is 5.73 Å². The molecule has 2 atom stereocenters. The Morgan fingerprint density at radius 1 is 1.20 bits per heavy atom. The summed E-state index contributed by atoms with van der Waals surface area (Å²) < 4.78 is 46.2. The fourth-order valence-corrected chi connectivity index (χ4v) is 5.19. The maximum atomic E-state index is 15.1. The first kappa shape index (κ1) is 27.9. The maximum Gasteiger partial charge on any atom is 0.195 e. The summed E-state index contributed by atoms with van der Waals surface area (Å²) in [4.78, 5) is 23.7. The number of allylic oxidation sites excluding steroid dienone is 1. The first-order valence-corrected chi connectivity index (χ1v) is 13.9. The predicted octanol–water partition coefficient (Wildman–Crippen LogP) is 4.10. The highest BCUT2D eigenvalue weighted by Crippen LogP contribution is 2.36. The molecule has 3 heterocycles. The lowest BCUT2D eigenvalue weighted by Crippen LogP contribution is -2.36. The van der Waals surface area contributed by atoms with Gasteiger partial charge in [0.25, 0.3) is 0 Å². The Balaban J connectivity index is 1.23. The van der Waals surface area contributed by atoms with Crippen LogP contribution >= 0.6 is 11.6 Å². The topological polar surface area (TPSA) is 112 Å². The zero-order valence-corrected chi connectivity index (χ0v) is 23.0. The van der Waals surface area contributed by atoms with E-state index in [4.69, 9.17) is 31.5 Å². The third-order valence-corrected chi connectivity index (χ3v) is 7.88. The maximum absolute atomic E-state index is 15.1. The Labute approximate surface area is 240 Å². The number of rotatable bonds is 10. The number of nitrogens with zero attached hydrogens (tertiary/aromatic N) is 3. The lowest BCUT2D eigenvalue weighted by molar-refractivity contribution is -0.116. The van der Waals surface area contributed by atoms with Crippen LogP contribution < -0.4 is 15.8 Å². The first-order valence-electron chi connectivity index (χ1n) is 13.5. The molecule has 2 saturated heterocycles. The van der Waals surface area contributed by atoms with Crippen LogP contribution in [-0.4, -0.2) is 77.9 Å². The van der Waals surface area contributed by atoms with Gasteiger partial charge in [-0.3, -0.25) is 9.69 Å². The molecule has 0 amide bonds. The van der Waals surface area contributed by atoms with Crippen LogP contribution in [0.2, 0.25) is 5.02 Å². The minimum atomic E-state index is -0.825. The molecule has 6 rings (SSSR count). The molecule has 0 radical (unpaired) electrons. The Bertz CT molecular complexity index is 1490. The number of ether oxygens (including phenoxy) is 3. The summed E-state index contributed by atoms with van der Waals surface area (Å²) in [6, 6.07) is 7.62. The molecule has 3 N–H and O–H groups in total. The van der Waals surface area contributed by atoms with Crippen LogP contribution in [0.1, 0.15) is 18.4 Å². The van der Waals surface area contributed by atoms with Crippen molar-refractivity contribution < 1.29 is 27.8 Å². The van der Waals surface area contributed by atoms with E-state index in [0.29, 0.717) is 60.0 Å². The number of anilines is 2. The normalized spacial score (nSPS) is 22.0. The molecule has 1 saturated carbocycles. The Hall–Kier alpha value is -3.22. The van der Waals surface area contributed by atoms with Gasteiger partial charge in [0.05, 0.1) is 41.5 Å². The number of carbonyl (C=O) groups is 1. The van der Waals surface area contributed by atoms with Crippen LogP contribution in [0.15, 0.2) is 48.6 Å². The monoisotopic (exact) mass is 585 g/mol. The SMILES string of the molecule is NC1(COc2cc3ncnc(Nc4ccc(F)c(Cl)c4)c3cc2CC(=O)/C(F)=C\CN2C[C@@H]3OCCO[C@@H]3C2)CC1. The fraction of sp³-hybridized carbons (Fsp3) is 0.414. The number of nitrogens with two attached hydrogens (primary N) is 1. The molecule has 2 aliphatic heterocycles. The van der Waals surface area contributed by atoms with Gasteiger partial charge in [-0.1, -0.05) is 11.6 Å². The average molecular weight is 586 g/mol. The molecule has 2 aromatic carbocycles. The number of hydrogen-bond acceptors (Lipinski definition) is 9. The lowest BCUT2D eigenvalue weighted by Gasteiger charge is -2.24. The fourth-order valence-electron chi connectivity index (χ4n) is 5.01. The molecular formula is C29H30ClF2N5O4. The van der Waals surface area contributed by atoms with Crippen molar-refractivity contribution in [1.29, 1.82) is 0 Å². The van der Waals surface area contributed by atoms with Gasteiger partial charge in [-0.25, -0.2) is 18.7 Å². The standard InChI is InChI=1S/C29H30ClF2N5O4/c30-20-11-18(1-2-21(20)31)36-28-19-9-17(25(12-23(19)34-16-35-28)41-15-29(33)4-5-29)10-24(38)22(32)3-6-37-13-26-27(14-37)40-8-7-39-26/h1-3,9,11-12,16,26-27H,4-8,10,13-15,33H2,(H,34,35,36)/b22-3+/t26-,27+. The zero-order chi connectivity index (χ0) is 28.6. The van der Waals surface area contributed by atoms with E-state index in [0.717, 1.165) is 12.8 Å². The molecule has 3 aromatic rings. The van der Waals surface area contributed by atoms with Gasteiger partial charge in [-0.15, -0.1) is 0 Å². The Morgan fingerprint density at radius 2 is 1.95 bits per heavy atom. The minimum absolute atomic E-state index is 0.0264. The molecule has 1 aliphatic carbocycles. The number of aromatic nitrogens is 2. The number of carbonyl (C=O) groups excluding carboxylic acids is 1. The molecule has 0 unspecified atom stereocenters. The predicted molar refractivity (Wildman–Crippen MR) is 150 cm³/mol.